The summed E-state index contributed by atoms with van der Waals surface area (Å²) in [6.07, 6.45) is 7.70. The molecule has 1 aliphatic heterocycles. The van der Waals surface area contributed by atoms with Crippen molar-refractivity contribution < 1.29 is 13.2 Å². The summed E-state index contributed by atoms with van der Waals surface area (Å²) in [4.78, 5) is 15.2. The molecule has 0 atom stereocenters. The van der Waals surface area contributed by atoms with Crippen molar-refractivity contribution in [1.29, 1.82) is 0 Å². The molecule has 9 nitrogen and oxygen atoms in total. The van der Waals surface area contributed by atoms with Gasteiger partial charge in [-0.3, -0.25) is 9.48 Å². The fraction of sp³-hybridized carbons (Fsp3) is 0.600. The fourth-order valence-electron chi connectivity index (χ4n) is 3.68. The molecule has 0 saturated carbocycles. The van der Waals surface area contributed by atoms with Gasteiger partial charge in [-0.25, -0.2) is 8.42 Å². The van der Waals surface area contributed by atoms with Crippen LogP contribution in [0.2, 0.25) is 0 Å². The van der Waals surface area contributed by atoms with Crippen LogP contribution in [-0.2, 0) is 23.6 Å². The number of nitrogens with zero attached hydrogens (tertiary/aromatic N) is 5. The number of carbonyl (C=O) groups excluding carboxylic acids is 1. The maximum absolute atomic E-state index is 12.9. The van der Waals surface area contributed by atoms with E-state index >= 15 is 0 Å². The molecule has 2 aromatic heterocycles. The Morgan fingerprint density at radius 2 is 1.87 bits per heavy atom. The van der Waals surface area contributed by atoms with Crippen molar-refractivity contribution in [2.45, 2.75) is 44.6 Å². The minimum atomic E-state index is -3.58. The van der Waals surface area contributed by atoms with E-state index in [2.05, 4.69) is 29.2 Å². The van der Waals surface area contributed by atoms with Crippen LogP contribution in [0.25, 0.3) is 0 Å². The van der Waals surface area contributed by atoms with Gasteiger partial charge >= 0.3 is 0 Å². The number of aromatic nitrogens is 3. The second-order valence-corrected chi connectivity index (χ2v) is 9.55. The van der Waals surface area contributed by atoms with Gasteiger partial charge in [-0.15, -0.1) is 0 Å². The molecule has 1 fully saturated rings. The van der Waals surface area contributed by atoms with Crippen molar-refractivity contribution in [3.8, 4) is 0 Å². The minimum Gasteiger partial charge on any atom is -0.345 e. The van der Waals surface area contributed by atoms with Gasteiger partial charge in [-0.2, -0.15) is 9.40 Å². The van der Waals surface area contributed by atoms with Crippen LogP contribution in [0.1, 0.15) is 43.6 Å². The van der Waals surface area contributed by atoms with E-state index in [0.717, 1.165) is 45.4 Å². The molecule has 30 heavy (non-hydrogen) atoms. The van der Waals surface area contributed by atoms with Crippen LogP contribution >= 0.6 is 0 Å². The van der Waals surface area contributed by atoms with Gasteiger partial charge in [-0.05, 0) is 32.0 Å². The first-order chi connectivity index (χ1) is 14.3. The molecule has 1 amide bonds. The average molecular weight is 437 g/mol. The molecule has 1 N–H and O–H groups in total. The molecule has 2 aromatic rings. The number of carbonyl (C=O) groups is 1. The van der Waals surface area contributed by atoms with Crippen molar-refractivity contribution in [2.24, 2.45) is 7.05 Å². The van der Waals surface area contributed by atoms with E-state index in [0.29, 0.717) is 24.5 Å². The van der Waals surface area contributed by atoms with Crippen LogP contribution in [-0.4, -0.2) is 70.6 Å². The van der Waals surface area contributed by atoms with Crippen molar-refractivity contribution in [1.82, 2.24) is 23.6 Å². The molecule has 3 rings (SSSR count). The Morgan fingerprint density at radius 1 is 1.17 bits per heavy atom. The van der Waals surface area contributed by atoms with Gasteiger partial charge in [0, 0.05) is 39.1 Å². The summed E-state index contributed by atoms with van der Waals surface area (Å²) >= 11 is 0. The smallest absolute Gasteiger partial charge is 0.272 e. The third kappa shape index (κ3) is 5.11. The highest BCUT2D eigenvalue weighted by molar-refractivity contribution is 7.89. The largest absolute Gasteiger partial charge is 0.345 e. The predicted octanol–water partition coefficient (Wildman–Crippen LogP) is 1.99. The number of aryl methyl sites for hydroxylation is 1. The minimum absolute atomic E-state index is 0.159. The molecule has 0 aromatic carbocycles. The zero-order chi connectivity index (χ0) is 21.7. The Balaban J connectivity index is 1.66. The quantitative estimate of drug-likeness (QED) is 0.649. The molecular formula is C20H32N6O3S. The zero-order valence-corrected chi connectivity index (χ0v) is 18.9. The number of piperidine rings is 1. The fourth-order valence-corrected chi connectivity index (χ4v) is 5.27. The van der Waals surface area contributed by atoms with Gasteiger partial charge in [0.1, 0.15) is 10.6 Å². The molecule has 0 spiro atoms. The first-order valence-electron chi connectivity index (χ1n) is 10.6. The lowest BCUT2D eigenvalue weighted by molar-refractivity contribution is 0.101. The SMILES string of the molecule is CCN(CC)CCn1cc(NC(=O)c2cc(S(=O)(=O)N3CCCCC3)cn2C)cn1. The van der Waals surface area contributed by atoms with E-state index in [-0.39, 0.29) is 10.8 Å². The summed E-state index contributed by atoms with van der Waals surface area (Å²) in [5.74, 6) is -0.360. The van der Waals surface area contributed by atoms with E-state index in [4.69, 9.17) is 0 Å². The highest BCUT2D eigenvalue weighted by Crippen LogP contribution is 2.22. The van der Waals surface area contributed by atoms with Gasteiger partial charge < -0.3 is 14.8 Å². The van der Waals surface area contributed by atoms with Crippen molar-refractivity contribution >= 4 is 21.6 Å². The number of sulfonamides is 1. The van der Waals surface area contributed by atoms with Gasteiger partial charge in [0.25, 0.3) is 5.91 Å². The van der Waals surface area contributed by atoms with Crippen molar-refractivity contribution in [2.75, 3.05) is 38.0 Å². The van der Waals surface area contributed by atoms with Crippen LogP contribution in [0.5, 0.6) is 0 Å². The van der Waals surface area contributed by atoms with Crippen LogP contribution in [0.4, 0.5) is 5.69 Å². The molecule has 1 aliphatic rings. The zero-order valence-electron chi connectivity index (χ0n) is 18.0. The number of anilines is 1. The molecule has 10 heteroatoms. The van der Waals surface area contributed by atoms with E-state index in [1.807, 2.05) is 0 Å². The molecule has 3 heterocycles. The van der Waals surface area contributed by atoms with Crippen LogP contribution in [0.15, 0.2) is 29.6 Å². The summed E-state index contributed by atoms with van der Waals surface area (Å²) in [6, 6.07) is 1.45. The average Bonchev–Trinajstić information content (AvgIpc) is 3.36. The van der Waals surface area contributed by atoms with Crippen molar-refractivity contribution in [3.63, 3.8) is 0 Å². The molecule has 0 bridgehead atoms. The van der Waals surface area contributed by atoms with E-state index in [1.54, 1.807) is 28.7 Å². The van der Waals surface area contributed by atoms with Crippen molar-refractivity contribution in [3.05, 3.63) is 30.4 Å². The molecule has 0 aliphatic carbocycles. The van der Waals surface area contributed by atoms with Crippen LogP contribution in [0, 0.1) is 0 Å². The second kappa shape index (κ2) is 9.76. The Labute approximate surface area is 178 Å². The normalized spacial score (nSPS) is 15.6. The maximum Gasteiger partial charge on any atom is 0.272 e. The maximum atomic E-state index is 12.9. The summed E-state index contributed by atoms with van der Waals surface area (Å²) in [7, 11) is -1.90. The van der Waals surface area contributed by atoms with Gasteiger partial charge in [0.15, 0.2) is 0 Å². The van der Waals surface area contributed by atoms with Gasteiger partial charge in [0.2, 0.25) is 10.0 Å². The third-order valence-electron chi connectivity index (χ3n) is 5.60. The molecular weight excluding hydrogens is 404 g/mol. The molecule has 0 unspecified atom stereocenters. The Kier molecular flexibility index (Phi) is 7.32. The summed E-state index contributed by atoms with van der Waals surface area (Å²) in [5.41, 5.74) is 0.877. The Bertz CT molecular complexity index is 955. The lowest BCUT2D eigenvalue weighted by Gasteiger charge is -2.25. The number of nitrogens with one attached hydrogen (secondary N) is 1. The topological polar surface area (TPSA) is 92.5 Å². The lowest BCUT2D eigenvalue weighted by Crippen LogP contribution is -2.35. The first kappa shape index (κ1) is 22.5. The third-order valence-corrected chi connectivity index (χ3v) is 7.46. The predicted molar refractivity (Wildman–Crippen MR) is 116 cm³/mol. The summed E-state index contributed by atoms with van der Waals surface area (Å²) in [6.45, 7) is 8.90. The molecule has 166 valence electrons. The monoisotopic (exact) mass is 436 g/mol. The van der Waals surface area contributed by atoms with Crippen LogP contribution in [0.3, 0.4) is 0 Å². The summed E-state index contributed by atoms with van der Waals surface area (Å²) < 4.78 is 30.6. The Morgan fingerprint density at radius 3 is 2.53 bits per heavy atom. The highest BCUT2D eigenvalue weighted by Gasteiger charge is 2.28. The van der Waals surface area contributed by atoms with Gasteiger partial charge in [-0.1, -0.05) is 20.3 Å². The molecule has 0 radical (unpaired) electrons. The highest BCUT2D eigenvalue weighted by atomic mass is 32.2. The van der Waals surface area contributed by atoms with Crippen LogP contribution < -0.4 is 5.32 Å². The van der Waals surface area contributed by atoms with E-state index < -0.39 is 10.0 Å². The number of likely N-dealkylation sites (N-methyl/N-ethyl adjacent to an activating group) is 1. The number of hydrogen-bond donors (Lipinski definition) is 1. The lowest BCUT2D eigenvalue weighted by atomic mass is 10.2. The van der Waals surface area contributed by atoms with E-state index in [9.17, 15) is 13.2 Å². The molecule has 1 saturated heterocycles. The number of rotatable bonds is 9. The first-order valence-corrected chi connectivity index (χ1v) is 12.0. The van der Waals surface area contributed by atoms with E-state index in [1.165, 1.54) is 16.6 Å². The summed E-state index contributed by atoms with van der Waals surface area (Å²) in [5, 5.41) is 7.11. The second-order valence-electron chi connectivity index (χ2n) is 7.61. The number of amides is 1. The Hall–Kier alpha value is -2.17. The van der Waals surface area contributed by atoms with Gasteiger partial charge in [0.05, 0.1) is 18.4 Å². The number of hydrogen-bond acceptors (Lipinski definition) is 5. The standard InChI is InChI=1S/C20H32N6O3S/c1-4-24(5-2)11-12-25-15-17(14-21-25)22-20(27)19-13-18(16-23(19)3)30(28,29)26-9-7-6-8-10-26/h13-16H,4-12H2,1-3H3,(H,22,27).